The average molecular weight is 452 g/mol. The van der Waals surface area contributed by atoms with E-state index in [9.17, 15) is 0 Å². The van der Waals surface area contributed by atoms with Crippen molar-refractivity contribution in [2.24, 2.45) is 0 Å². The highest BCUT2D eigenvalue weighted by molar-refractivity contribution is 5.63. The quantitative estimate of drug-likeness (QED) is 0.322. The molecule has 2 aromatic carbocycles. The number of hydrogen-bond acceptors (Lipinski definition) is 6. The summed E-state index contributed by atoms with van der Waals surface area (Å²) < 4.78 is 13.0. The minimum Gasteiger partial charge on any atom is -0.497 e. The largest absolute Gasteiger partial charge is 0.497 e. The van der Waals surface area contributed by atoms with Crippen molar-refractivity contribution in [3.8, 4) is 22.8 Å². The van der Waals surface area contributed by atoms with Gasteiger partial charge in [-0.15, -0.1) is 0 Å². The Morgan fingerprint density at radius 2 is 1.62 bits per heavy atom. The van der Waals surface area contributed by atoms with Gasteiger partial charge in [-0.05, 0) is 66.2 Å². The molecule has 0 aliphatic carbocycles. The van der Waals surface area contributed by atoms with Crippen LogP contribution in [-0.2, 0) is 6.42 Å². The highest BCUT2D eigenvalue weighted by atomic mass is 16.5. The standard InChI is InChI=1S/C27H25N5O2/c1-33-23-11-7-21(8-12-23)25-3-2-4-27-30-26(31-32(25)27)19-20-5-9-24(10-6-20)34-18-17-29-22-13-15-28-16-14-22/h2-16H,17-19H2,1H3,(H,28,29). The number of ether oxygens (including phenoxy) is 2. The first-order chi connectivity index (χ1) is 16.8. The smallest absolute Gasteiger partial charge is 0.156 e. The number of methoxy groups -OCH3 is 1. The van der Waals surface area contributed by atoms with Crippen LogP contribution in [0.5, 0.6) is 11.5 Å². The summed E-state index contributed by atoms with van der Waals surface area (Å²) in [4.78, 5) is 8.73. The van der Waals surface area contributed by atoms with Crippen LogP contribution in [0.15, 0.2) is 91.3 Å². The van der Waals surface area contributed by atoms with E-state index in [1.807, 2.05) is 71.2 Å². The normalized spacial score (nSPS) is 10.9. The lowest BCUT2D eigenvalue weighted by molar-refractivity contribution is 0.333. The summed E-state index contributed by atoms with van der Waals surface area (Å²) in [6.07, 6.45) is 4.17. The lowest BCUT2D eigenvalue weighted by atomic mass is 10.1. The molecule has 7 heteroatoms. The Labute approximate surface area is 198 Å². The highest BCUT2D eigenvalue weighted by Crippen LogP contribution is 2.23. The van der Waals surface area contributed by atoms with E-state index in [1.165, 1.54) is 0 Å². The van der Waals surface area contributed by atoms with Gasteiger partial charge in [0.25, 0.3) is 0 Å². The minimum absolute atomic E-state index is 0.573. The van der Waals surface area contributed by atoms with E-state index < -0.39 is 0 Å². The molecule has 0 bridgehead atoms. The SMILES string of the molecule is COc1ccc(-c2cccc3nc(Cc4ccc(OCCNc5ccncc5)cc4)nn23)cc1. The number of nitrogens with zero attached hydrogens (tertiary/aromatic N) is 4. The molecule has 3 aromatic heterocycles. The van der Waals surface area contributed by atoms with Crippen LogP contribution in [0.4, 0.5) is 5.69 Å². The van der Waals surface area contributed by atoms with Crippen LogP contribution in [0.25, 0.3) is 16.9 Å². The molecule has 0 spiro atoms. The van der Waals surface area contributed by atoms with E-state index in [2.05, 4.69) is 22.4 Å². The molecule has 170 valence electrons. The third kappa shape index (κ3) is 4.99. The second-order valence-electron chi connectivity index (χ2n) is 7.77. The first-order valence-corrected chi connectivity index (χ1v) is 11.1. The number of nitrogens with one attached hydrogen (secondary N) is 1. The van der Waals surface area contributed by atoms with E-state index in [1.54, 1.807) is 19.5 Å². The zero-order chi connectivity index (χ0) is 23.2. The van der Waals surface area contributed by atoms with Gasteiger partial charge in [0.2, 0.25) is 0 Å². The van der Waals surface area contributed by atoms with Crippen LogP contribution in [-0.4, -0.2) is 39.8 Å². The van der Waals surface area contributed by atoms with Gasteiger partial charge in [0, 0.05) is 36.6 Å². The van der Waals surface area contributed by atoms with Crippen LogP contribution < -0.4 is 14.8 Å². The van der Waals surface area contributed by atoms with Crippen molar-refractivity contribution in [1.29, 1.82) is 0 Å². The van der Waals surface area contributed by atoms with Crippen LogP contribution in [0.2, 0.25) is 0 Å². The molecule has 0 aliphatic rings. The molecule has 3 heterocycles. The first kappa shape index (κ1) is 21.5. The van der Waals surface area contributed by atoms with Gasteiger partial charge in [-0.2, -0.15) is 5.10 Å². The lowest BCUT2D eigenvalue weighted by Gasteiger charge is -2.09. The van der Waals surface area contributed by atoms with Crippen LogP contribution in [0.1, 0.15) is 11.4 Å². The van der Waals surface area contributed by atoms with Crippen molar-refractivity contribution in [1.82, 2.24) is 19.6 Å². The molecule has 0 amide bonds. The van der Waals surface area contributed by atoms with Gasteiger partial charge in [-0.1, -0.05) is 18.2 Å². The molecular formula is C27H25N5O2. The first-order valence-electron chi connectivity index (χ1n) is 11.1. The molecule has 0 radical (unpaired) electrons. The molecule has 34 heavy (non-hydrogen) atoms. The summed E-state index contributed by atoms with van der Waals surface area (Å²) in [6.45, 7) is 1.29. The number of hydrogen-bond donors (Lipinski definition) is 1. The van der Waals surface area contributed by atoms with Gasteiger partial charge in [-0.25, -0.2) is 9.50 Å². The Balaban J connectivity index is 1.22. The second kappa shape index (κ2) is 10.0. The molecular weight excluding hydrogens is 426 g/mol. The third-order valence-electron chi connectivity index (χ3n) is 5.46. The van der Waals surface area contributed by atoms with Gasteiger partial charge in [-0.3, -0.25) is 4.98 Å². The van der Waals surface area contributed by atoms with Crippen molar-refractivity contribution in [3.05, 3.63) is 103 Å². The van der Waals surface area contributed by atoms with Gasteiger partial charge in [0.1, 0.15) is 18.1 Å². The van der Waals surface area contributed by atoms with Crippen molar-refractivity contribution in [2.75, 3.05) is 25.6 Å². The van der Waals surface area contributed by atoms with Crippen molar-refractivity contribution < 1.29 is 9.47 Å². The molecule has 5 aromatic rings. The van der Waals surface area contributed by atoms with E-state index in [4.69, 9.17) is 19.6 Å². The molecule has 7 nitrogen and oxygen atoms in total. The summed E-state index contributed by atoms with van der Waals surface area (Å²) in [6, 6.07) is 25.9. The fraction of sp³-hybridized carbons (Fsp3) is 0.148. The number of anilines is 1. The Hall–Kier alpha value is -4.39. The van der Waals surface area contributed by atoms with Crippen LogP contribution in [0.3, 0.4) is 0 Å². The Kier molecular flexibility index (Phi) is 6.34. The summed E-state index contributed by atoms with van der Waals surface area (Å²) in [7, 11) is 1.67. The highest BCUT2D eigenvalue weighted by Gasteiger charge is 2.10. The zero-order valence-electron chi connectivity index (χ0n) is 18.9. The summed E-state index contributed by atoms with van der Waals surface area (Å²) >= 11 is 0. The van der Waals surface area contributed by atoms with E-state index in [0.717, 1.165) is 45.5 Å². The van der Waals surface area contributed by atoms with E-state index in [0.29, 0.717) is 19.6 Å². The number of rotatable bonds is 9. The van der Waals surface area contributed by atoms with E-state index in [-0.39, 0.29) is 0 Å². The predicted molar refractivity (Wildman–Crippen MR) is 132 cm³/mol. The molecule has 5 rings (SSSR count). The zero-order valence-corrected chi connectivity index (χ0v) is 18.9. The Morgan fingerprint density at radius 1 is 0.853 bits per heavy atom. The Morgan fingerprint density at radius 3 is 2.38 bits per heavy atom. The van der Waals surface area contributed by atoms with Crippen LogP contribution >= 0.6 is 0 Å². The van der Waals surface area contributed by atoms with Gasteiger partial charge in [0.15, 0.2) is 11.5 Å². The van der Waals surface area contributed by atoms with Gasteiger partial charge in [0.05, 0.1) is 12.8 Å². The van der Waals surface area contributed by atoms with E-state index >= 15 is 0 Å². The predicted octanol–water partition coefficient (Wildman–Crippen LogP) is 4.88. The summed E-state index contributed by atoms with van der Waals surface area (Å²) in [5.74, 6) is 2.44. The Bertz CT molecular complexity index is 1350. The maximum atomic E-state index is 5.84. The molecule has 0 atom stereocenters. The fourth-order valence-corrected chi connectivity index (χ4v) is 3.72. The van der Waals surface area contributed by atoms with Crippen molar-refractivity contribution in [3.63, 3.8) is 0 Å². The summed E-state index contributed by atoms with van der Waals surface area (Å²) in [5.41, 5.74) is 5.03. The number of fused-ring (bicyclic) bond motifs is 1. The fourth-order valence-electron chi connectivity index (χ4n) is 3.72. The molecule has 1 N–H and O–H groups in total. The molecule has 0 saturated heterocycles. The monoisotopic (exact) mass is 451 g/mol. The lowest BCUT2D eigenvalue weighted by Crippen LogP contribution is -2.11. The van der Waals surface area contributed by atoms with Crippen molar-refractivity contribution >= 4 is 11.3 Å². The molecule has 0 aliphatic heterocycles. The van der Waals surface area contributed by atoms with Crippen LogP contribution in [0, 0.1) is 0 Å². The number of benzene rings is 2. The molecule has 0 saturated carbocycles. The molecule has 0 fully saturated rings. The minimum atomic E-state index is 0.573. The number of pyridine rings is 2. The molecule has 0 unspecified atom stereocenters. The topological polar surface area (TPSA) is 73.6 Å². The van der Waals surface area contributed by atoms with Gasteiger partial charge >= 0.3 is 0 Å². The van der Waals surface area contributed by atoms with Gasteiger partial charge < -0.3 is 14.8 Å². The maximum absolute atomic E-state index is 5.84. The average Bonchev–Trinajstić information content (AvgIpc) is 3.31. The maximum Gasteiger partial charge on any atom is 0.156 e. The third-order valence-corrected chi connectivity index (χ3v) is 5.46. The number of aromatic nitrogens is 4. The summed E-state index contributed by atoms with van der Waals surface area (Å²) in [5, 5.41) is 8.07. The van der Waals surface area contributed by atoms with Crippen molar-refractivity contribution in [2.45, 2.75) is 6.42 Å². The second-order valence-corrected chi connectivity index (χ2v) is 7.77.